The molecule has 1 aliphatic heterocycles. The third-order valence-corrected chi connectivity index (χ3v) is 5.75. The summed E-state index contributed by atoms with van der Waals surface area (Å²) in [7, 11) is 0. The van der Waals surface area contributed by atoms with Crippen LogP contribution in [0, 0.1) is 0 Å². The number of benzene rings is 1. The standard InChI is InChI=1S/C22H23F6NO2/c23-21(24,25)20(31,22(26,27)28)17-10-11-18-16(14-17)8-4-5-13-29(18)19(30)12-9-15-6-2-1-3-7-15/h1-2,6,10-11,14,31H,3-5,7-9,12-13H2. The average molecular weight is 447 g/mol. The molecule has 1 heterocycles. The van der Waals surface area contributed by atoms with Crippen LogP contribution in [0.2, 0.25) is 0 Å². The minimum absolute atomic E-state index is 0.190. The molecular weight excluding hydrogens is 424 g/mol. The van der Waals surface area contributed by atoms with E-state index < -0.39 is 23.5 Å². The maximum absolute atomic E-state index is 13.2. The molecule has 3 nitrogen and oxygen atoms in total. The molecule has 1 aliphatic carbocycles. The van der Waals surface area contributed by atoms with Crippen LogP contribution >= 0.6 is 0 Å². The number of alkyl halides is 6. The van der Waals surface area contributed by atoms with Gasteiger partial charge in [0.1, 0.15) is 0 Å². The van der Waals surface area contributed by atoms with E-state index in [4.69, 9.17) is 0 Å². The molecule has 0 unspecified atom stereocenters. The lowest BCUT2D eigenvalue weighted by molar-refractivity contribution is -0.376. The summed E-state index contributed by atoms with van der Waals surface area (Å²) in [5, 5.41) is 9.69. The van der Waals surface area contributed by atoms with Gasteiger partial charge in [0.15, 0.2) is 0 Å². The van der Waals surface area contributed by atoms with Crippen molar-refractivity contribution >= 4 is 11.6 Å². The zero-order chi connectivity index (χ0) is 22.9. The summed E-state index contributed by atoms with van der Waals surface area (Å²) in [4.78, 5) is 14.3. The van der Waals surface area contributed by atoms with Crippen LogP contribution in [0.3, 0.4) is 0 Å². The fraction of sp³-hybridized carbons (Fsp3) is 0.500. The van der Waals surface area contributed by atoms with Gasteiger partial charge >= 0.3 is 12.4 Å². The van der Waals surface area contributed by atoms with E-state index in [0.717, 1.165) is 30.5 Å². The number of carbonyl (C=O) groups is 1. The number of hydrogen-bond acceptors (Lipinski definition) is 2. The van der Waals surface area contributed by atoms with Crippen LogP contribution < -0.4 is 4.90 Å². The Morgan fingerprint density at radius 1 is 1.03 bits per heavy atom. The van der Waals surface area contributed by atoms with Gasteiger partial charge < -0.3 is 10.0 Å². The fourth-order valence-electron chi connectivity index (χ4n) is 3.99. The molecule has 1 amide bonds. The molecule has 1 N–H and O–H groups in total. The van der Waals surface area contributed by atoms with Crippen LogP contribution in [-0.2, 0) is 16.8 Å². The predicted molar refractivity (Wildman–Crippen MR) is 103 cm³/mol. The first-order valence-electron chi connectivity index (χ1n) is 10.1. The lowest BCUT2D eigenvalue weighted by atomic mass is 9.89. The Morgan fingerprint density at radius 2 is 1.74 bits per heavy atom. The second-order valence-corrected chi connectivity index (χ2v) is 7.84. The van der Waals surface area contributed by atoms with Crippen molar-refractivity contribution in [2.75, 3.05) is 11.4 Å². The molecule has 31 heavy (non-hydrogen) atoms. The lowest BCUT2D eigenvalue weighted by Crippen LogP contribution is -2.54. The lowest BCUT2D eigenvalue weighted by Gasteiger charge is -2.33. The first-order chi connectivity index (χ1) is 14.4. The van der Waals surface area contributed by atoms with Gasteiger partial charge in [0.2, 0.25) is 5.91 Å². The first kappa shape index (κ1) is 23.4. The summed E-state index contributed by atoms with van der Waals surface area (Å²) >= 11 is 0. The molecule has 0 bridgehead atoms. The monoisotopic (exact) mass is 447 g/mol. The number of halogens is 6. The molecule has 0 atom stereocenters. The molecule has 0 saturated carbocycles. The van der Waals surface area contributed by atoms with Crippen molar-refractivity contribution in [3.8, 4) is 0 Å². The molecule has 1 aromatic carbocycles. The van der Waals surface area contributed by atoms with E-state index in [2.05, 4.69) is 0 Å². The van der Waals surface area contributed by atoms with Crippen molar-refractivity contribution < 1.29 is 36.2 Å². The van der Waals surface area contributed by atoms with Crippen LogP contribution in [0.1, 0.15) is 49.7 Å². The third kappa shape index (κ3) is 4.66. The summed E-state index contributed by atoms with van der Waals surface area (Å²) in [6.07, 6.45) is -2.17. The Morgan fingerprint density at radius 3 is 2.35 bits per heavy atom. The van der Waals surface area contributed by atoms with Crippen LogP contribution in [0.4, 0.5) is 32.0 Å². The summed E-state index contributed by atoms with van der Waals surface area (Å²) in [6, 6.07) is 2.43. The van der Waals surface area contributed by atoms with Gasteiger partial charge in [0, 0.05) is 24.2 Å². The van der Waals surface area contributed by atoms with Crippen molar-refractivity contribution in [3.63, 3.8) is 0 Å². The Balaban J connectivity index is 1.90. The van der Waals surface area contributed by atoms with Gasteiger partial charge in [-0.3, -0.25) is 4.79 Å². The van der Waals surface area contributed by atoms with Crippen molar-refractivity contribution in [1.82, 2.24) is 0 Å². The highest BCUT2D eigenvalue weighted by Gasteiger charge is 2.71. The normalized spacial score (nSPS) is 17.8. The minimum Gasteiger partial charge on any atom is -0.369 e. The molecule has 9 heteroatoms. The summed E-state index contributed by atoms with van der Waals surface area (Å²) in [5.41, 5.74) is -4.65. The number of allylic oxidation sites excluding steroid dienone is 4. The van der Waals surface area contributed by atoms with Crippen molar-refractivity contribution in [1.29, 1.82) is 0 Å². The predicted octanol–water partition coefficient (Wildman–Crippen LogP) is 5.72. The SMILES string of the molecule is O=C(CCC1=CC=CCC1)N1CCCCc2cc(C(O)(C(F)(F)F)C(F)(F)F)ccc21. The van der Waals surface area contributed by atoms with Crippen LogP contribution in [0.15, 0.2) is 42.0 Å². The quantitative estimate of drug-likeness (QED) is 0.600. The number of amides is 1. The van der Waals surface area contributed by atoms with Crippen molar-refractivity contribution in [2.24, 2.45) is 0 Å². The van der Waals surface area contributed by atoms with E-state index in [1.807, 2.05) is 18.2 Å². The number of carbonyl (C=O) groups excluding carboxylic acids is 1. The van der Waals surface area contributed by atoms with Crippen molar-refractivity contribution in [2.45, 2.75) is 62.9 Å². The topological polar surface area (TPSA) is 40.5 Å². The van der Waals surface area contributed by atoms with Gasteiger partial charge in [0.25, 0.3) is 5.60 Å². The van der Waals surface area contributed by atoms with E-state index in [1.165, 1.54) is 4.90 Å². The average Bonchev–Trinajstić information content (AvgIpc) is 2.92. The number of aryl methyl sites for hydroxylation is 1. The number of hydrogen-bond donors (Lipinski definition) is 1. The maximum Gasteiger partial charge on any atom is 0.430 e. The highest BCUT2D eigenvalue weighted by atomic mass is 19.4. The molecule has 3 rings (SSSR count). The maximum atomic E-state index is 13.2. The molecule has 0 saturated heterocycles. The molecule has 170 valence electrons. The molecule has 2 aliphatic rings. The molecular formula is C22H23F6NO2. The Bertz CT molecular complexity index is 871. The van der Waals surface area contributed by atoms with Gasteiger partial charge in [-0.1, -0.05) is 35.9 Å². The van der Waals surface area contributed by atoms with Crippen molar-refractivity contribution in [3.05, 3.63) is 53.1 Å². The molecule has 0 fully saturated rings. The Kier molecular flexibility index (Phi) is 6.55. The number of anilines is 1. The molecule has 0 radical (unpaired) electrons. The number of rotatable bonds is 4. The van der Waals surface area contributed by atoms with E-state index >= 15 is 0 Å². The van der Waals surface area contributed by atoms with Crippen LogP contribution in [0.5, 0.6) is 0 Å². The zero-order valence-electron chi connectivity index (χ0n) is 16.7. The summed E-state index contributed by atoms with van der Waals surface area (Å²) in [5.74, 6) is -0.228. The third-order valence-electron chi connectivity index (χ3n) is 5.75. The largest absolute Gasteiger partial charge is 0.430 e. The van der Waals surface area contributed by atoms with E-state index in [1.54, 1.807) is 0 Å². The van der Waals surface area contributed by atoms with Gasteiger partial charge in [-0.05, 0) is 50.2 Å². The smallest absolute Gasteiger partial charge is 0.369 e. The van der Waals surface area contributed by atoms with E-state index in [0.29, 0.717) is 37.6 Å². The molecule has 0 spiro atoms. The second-order valence-electron chi connectivity index (χ2n) is 7.84. The number of fused-ring (bicyclic) bond motifs is 1. The Labute approximate surface area is 176 Å². The summed E-state index contributed by atoms with van der Waals surface area (Å²) < 4.78 is 79.4. The van der Waals surface area contributed by atoms with Gasteiger partial charge in [-0.25, -0.2) is 0 Å². The second kappa shape index (κ2) is 8.68. The fourth-order valence-corrected chi connectivity index (χ4v) is 3.99. The minimum atomic E-state index is -5.94. The molecule has 1 aromatic rings. The highest BCUT2D eigenvalue weighted by Crippen LogP contribution is 2.50. The zero-order valence-corrected chi connectivity index (χ0v) is 16.7. The number of nitrogens with zero attached hydrogens (tertiary/aromatic N) is 1. The van der Waals surface area contributed by atoms with E-state index in [9.17, 15) is 36.2 Å². The number of aliphatic hydroxyl groups is 1. The van der Waals surface area contributed by atoms with Gasteiger partial charge in [-0.2, -0.15) is 26.3 Å². The first-order valence-corrected chi connectivity index (χ1v) is 10.1. The van der Waals surface area contributed by atoms with E-state index in [-0.39, 0.29) is 24.3 Å². The van der Waals surface area contributed by atoms with Crippen LogP contribution in [0.25, 0.3) is 0 Å². The summed E-state index contributed by atoms with van der Waals surface area (Å²) in [6.45, 7) is 0.340. The van der Waals surface area contributed by atoms with Crippen LogP contribution in [-0.4, -0.2) is 29.9 Å². The molecule has 0 aromatic heterocycles. The van der Waals surface area contributed by atoms with Gasteiger partial charge in [0.05, 0.1) is 0 Å². The Hall–Kier alpha value is -2.29. The van der Waals surface area contributed by atoms with Gasteiger partial charge in [-0.15, -0.1) is 0 Å². The highest BCUT2D eigenvalue weighted by molar-refractivity contribution is 5.94.